The highest BCUT2D eigenvalue weighted by Gasteiger charge is 2.15. The van der Waals surface area contributed by atoms with Gasteiger partial charge in [0.05, 0.1) is 15.9 Å². The molecule has 1 fully saturated rings. The highest BCUT2D eigenvalue weighted by molar-refractivity contribution is 7.22. The van der Waals surface area contributed by atoms with E-state index in [0.717, 1.165) is 43.9 Å². The van der Waals surface area contributed by atoms with Crippen LogP contribution in [-0.4, -0.2) is 35.1 Å². The standard InChI is InChI=1S/C25H27N5OS/c1-30(2)24-11-8-17(16-27-24)22-14-20(12-13-26-22)31-19-9-10-21-23(15-19)32-25(29-21)28-18-6-4-3-5-7-18/h8-16,18H,3-7H2,1-2H3,(H,28,29). The third kappa shape index (κ3) is 4.67. The van der Waals surface area contributed by atoms with Crippen molar-refractivity contribution in [2.45, 2.75) is 38.1 Å². The van der Waals surface area contributed by atoms with Crippen molar-refractivity contribution >= 4 is 32.5 Å². The van der Waals surface area contributed by atoms with E-state index in [1.807, 2.05) is 61.6 Å². The fourth-order valence-corrected chi connectivity index (χ4v) is 4.99. The Morgan fingerprint density at radius 2 is 1.81 bits per heavy atom. The van der Waals surface area contributed by atoms with Crippen LogP contribution in [0.2, 0.25) is 0 Å². The van der Waals surface area contributed by atoms with Crippen LogP contribution >= 0.6 is 11.3 Å². The van der Waals surface area contributed by atoms with Gasteiger partial charge in [-0.05, 0) is 43.2 Å². The molecule has 0 amide bonds. The lowest BCUT2D eigenvalue weighted by atomic mass is 9.96. The number of aromatic nitrogens is 3. The Labute approximate surface area is 192 Å². The molecule has 4 aromatic rings. The molecule has 1 saturated carbocycles. The van der Waals surface area contributed by atoms with E-state index in [0.29, 0.717) is 6.04 Å². The second kappa shape index (κ2) is 9.12. The smallest absolute Gasteiger partial charge is 0.184 e. The van der Waals surface area contributed by atoms with E-state index in [-0.39, 0.29) is 0 Å². The van der Waals surface area contributed by atoms with Gasteiger partial charge < -0.3 is 15.0 Å². The molecule has 1 aliphatic carbocycles. The highest BCUT2D eigenvalue weighted by atomic mass is 32.1. The third-order valence-corrected chi connectivity index (χ3v) is 6.71. The first kappa shape index (κ1) is 20.7. The lowest BCUT2D eigenvalue weighted by Crippen LogP contribution is -2.21. The Morgan fingerprint density at radius 3 is 2.59 bits per heavy atom. The van der Waals surface area contributed by atoms with Gasteiger partial charge in [0.25, 0.3) is 0 Å². The number of rotatable bonds is 6. The fraction of sp³-hybridized carbons (Fsp3) is 0.320. The van der Waals surface area contributed by atoms with Gasteiger partial charge in [0.2, 0.25) is 0 Å². The summed E-state index contributed by atoms with van der Waals surface area (Å²) in [6.07, 6.45) is 10.1. The third-order valence-electron chi connectivity index (χ3n) is 5.76. The lowest BCUT2D eigenvalue weighted by Gasteiger charge is -2.22. The minimum absolute atomic E-state index is 0.552. The number of fused-ring (bicyclic) bond motifs is 1. The summed E-state index contributed by atoms with van der Waals surface area (Å²) in [5, 5.41) is 4.63. The van der Waals surface area contributed by atoms with Crippen molar-refractivity contribution in [3.05, 3.63) is 54.9 Å². The molecule has 164 valence electrons. The summed E-state index contributed by atoms with van der Waals surface area (Å²) in [6, 6.07) is 14.4. The Balaban J connectivity index is 1.32. The quantitative estimate of drug-likeness (QED) is 0.373. The summed E-state index contributed by atoms with van der Waals surface area (Å²) in [5.41, 5.74) is 2.79. The molecule has 0 atom stereocenters. The number of thiazole rings is 1. The molecular weight excluding hydrogens is 418 g/mol. The lowest BCUT2D eigenvalue weighted by molar-refractivity contribution is 0.462. The van der Waals surface area contributed by atoms with Crippen molar-refractivity contribution < 1.29 is 4.74 Å². The van der Waals surface area contributed by atoms with Crippen molar-refractivity contribution in [1.82, 2.24) is 15.0 Å². The molecule has 1 aromatic carbocycles. The number of nitrogens with zero attached hydrogens (tertiary/aromatic N) is 4. The van der Waals surface area contributed by atoms with E-state index in [2.05, 4.69) is 21.4 Å². The SMILES string of the molecule is CN(C)c1ccc(-c2cc(Oc3ccc4nc(NC5CCCCC5)sc4c3)ccn2)cn1. The Kier molecular flexibility index (Phi) is 5.90. The molecule has 3 heterocycles. The number of nitrogens with one attached hydrogen (secondary N) is 1. The fourth-order valence-electron chi connectivity index (χ4n) is 4.02. The van der Waals surface area contributed by atoms with Crippen LogP contribution in [0, 0.1) is 0 Å². The van der Waals surface area contributed by atoms with Gasteiger partial charge in [0, 0.05) is 50.2 Å². The molecule has 0 radical (unpaired) electrons. The average Bonchev–Trinajstić information content (AvgIpc) is 3.21. The van der Waals surface area contributed by atoms with Gasteiger partial charge in [-0.1, -0.05) is 30.6 Å². The molecule has 3 aromatic heterocycles. The van der Waals surface area contributed by atoms with Crippen molar-refractivity contribution in [2.24, 2.45) is 0 Å². The number of benzene rings is 1. The van der Waals surface area contributed by atoms with Crippen LogP contribution in [0.5, 0.6) is 11.5 Å². The van der Waals surface area contributed by atoms with E-state index >= 15 is 0 Å². The summed E-state index contributed by atoms with van der Waals surface area (Å²) in [5.74, 6) is 2.45. The Morgan fingerprint density at radius 1 is 0.969 bits per heavy atom. The van der Waals surface area contributed by atoms with E-state index < -0.39 is 0 Å². The number of ether oxygens (including phenoxy) is 1. The minimum Gasteiger partial charge on any atom is -0.457 e. The molecule has 0 bridgehead atoms. The maximum absolute atomic E-state index is 6.16. The van der Waals surface area contributed by atoms with Crippen LogP contribution in [0.15, 0.2) is 54.9 Å². The summed E-state index contributed by atoms with van der Waals surface area (Å²) in [7, 11) is 3.95. The van der Waals surface area contributed by atoms with Crippen molar-refractivity contribution in [3.8, 4) is 22.8 Å². The number of pyridine rings is 2. The molecular formula is C25H27N5OS. The van der Waals surface area contributed by atoms with Gasteiger partial charge in [-0.15, -0.1) is 0 Å². The average molecular weight is 446 g/mol. The molecule has 1 N–H and O–H groups in total. The summed E-state index contributed by atoms with van der Waals surface area (Å²) in [6.45, 7) is 0. The maximum atomic E-state index is 6.16. The maximum Gasteiger partial charge on any atom is 0.184 e. The molecule has 1 aliphatic rings. The van der Waals surface area contributed by atoms with Crippen LogP contribution in [0.4, 0.5) is 10.9 Å². The first-order chi connectivity index (χ1) is 15.6. The molecule has 0 unspecified atom stereocenters. The van der Waals surface area contributed by atoms with Gasteiger partial charge in [0.15, 0.2) is 5.13 Å². The Bertz CT molecular complexity index is 1200. The summed E-state index contributed by atoms with van der Waals surface area (Å²) in [4.78, 5) is 15.7. The number of hydrogen-bond acceptors (Lipinski definition) is 7. The van der Waals surface area contributed by atoms with Gasteiger partial charge in [-0.3, -0.25) is 4.98 Å². The molecule has 0 aliphatic heterocycles. The molecule has 7 heteroatoms. The van der Waals surface area contributed by atoms with E-state index in [1.165, 1.54) is 32.1 Å². The van der Waals surface area contributed by atoms with Gasteiger partial charge in [0.1, 0.15) is 17.3 Å². The molecule has 5 rings (SSSR count). The molecule has 32 heavy (non-hydrogen) atoms. The van der Waals surface area contributed by atoms with Crippen molar-refractivity contribution in [2.75, 3.05) is 24.3 Å². The van der Waals surface area contributed by atoms with Crippen molar-refractivity contribution in [3.63, 3.8) is 0 Å². The monoisotopic (exact) mass is 445 g/mol. The molecule has 6 nitrogen and oxygen atoms in total. The predicted molar refractivity (Wildman–Crippen MR) is 132 cm³/mol. The van der Waals surface area contributed by atoms with Gasteiger partial charge in [-0.25, -0.2) is 9.97 Å². The first-order valence-electron chi connectivity index (χ1n) is 11.1. The van der Waals surface area contributed by atoms with E-state index in [1.54, 1.807) is 17.5 Å². The summed E-state index contributed by atoms with van der Waals surface area (Å²) >= 11 is 1.69. The molecule has 0 saturated heterocycles. The number of anilines is 2. The highest BCUT2D eigenvalue weighted by Crippen LogP contribution is 2.33. The topological polar surface area (TPSA) is 63.2 Å². The van der Waals surface area contributed by atoms with Crippen LogP contribution < -0.4 is 15.0 Å². The zero-order chi connectivity index (χ0) is 21.9. The largest absolute Gasteiger partial charge is 0.457 e. The van der Waals surface area contributed by atoms with E-state index in [9.17, 15) is 0 Å². The first-order valence-corrected chi connectivity index (χ1v) is 11.9. The van der Waals surface area contributed by atoms with Crippen LogP contribution in [0.1, 0.15) is 32.1 Å². The predicted octanol–water partition coefficient (Wildman–Crippen LogP) is 6.36. The van der Waals surface area contributed by atoms with E-state index in [4.69, 9.17) is 9.72 Å². The van der Waals surface area contributed by atoms with Gasteiger partial charge in [-0.2, -0.15) is 0 Å². The Hall–Kier alpha value is -3.19. The van der Waals surface area contributed by atoms with Crippen molar-refractivity contribution in [1.29, 1.82) is 0 Å². The van der Waals surface area contributed by atoms with Crippen LogP contribution in [0.3, 0.4) is 0 Å². The minimum atomic E-state index is 0.552. The zero-order valence-corrected chi connectivity index (χ0v) is 19.2. The van der Waals surface area contributed by atoms with Crippen LogP contribution in [0.25, 0.3) is 21.5 Å². The molecule has 0 spiro atoms. The normalized spacial score (nSPS) is 14.4. The van der Waals surface area contributed by atoms with Gasteiger partial charge >= 0.3 is 0 Å². The second-order valence-corrected chi connectivity index (χ2v) is 9.44. The summed E-state index contributed by atoms with van der Waals surface area (Å²) < 4.78 is 7.28. The van der Waals surface area contributed by atoms with Crippen LogP contribution in [-0.2, 0) is 0 Å². The second-order valence-electron chi connectivity index (χ2n) is 8.41. The number of hydrogen-bond donors (Lipinski definition) is 1. The zero-order valence-electron chi connectivity index (χ0n) is 18.4.